The van der Waals surface area contributed by atoms with E-state index in [9.17, 15) is 14.7 Å². The number of carbonyl (C=O) groups is 2. The summed E-state index contributed by atoms with van der Waals surface area (Å²) < 4.78 is 21.8. The molecule has 2 saturated heterocycles. The Balaban J connectivity index is 1.49. The number of nitrogens with one attached hydrogen (secondary N) is 3. The van der Waals surface area contributed by atoms with Crippen LogP contribution in [0.3, 0.4) is 0 Å². The van der Waals surface area contributed by atoms with Gasteiger partial charge in [-0.2, -0.15) is 0 Å². The third-order valence-electron chi connectivity index (χ3n) is 10.0. The van der Waals surface area contributed by atoms with Gasteiger partial charge in [0.15, 0.2) is 11.0 Å². The molecule has 1 aliphatic carbocycles. The van der Waals surface area contributed by atoms with Crippen molar-refractivity contribution in [3.05, 3.63) is 51.6 Å². The van der Waals surface area contributed by atoms with Gasteiger partial charge in [0.2, 0.25) is 11.8 Å². The number of anilines is 1. The normalized spacial score (nSPS) is 32.0. The molecular weight excluding hydrogens is 584 g/mol. The molecule has 0 radical (unpaired) electrons. The maximum atomic E-state index is 16.0. The van der Waals surface area contributed by atoms with Crippen LogP contribution in [0.5, 0.6) is 0 Å². The van der Waals surface area contributed by atoms with Crippen molar-refractivity contribution in [2.24, 2.45) is 5.41 Å². The smallest absolute Gasteiger partial charge is 0.238 e. The second kappa shape index (κ2) is 10.7. The Bertz CT molecular complexity index is 1410. The van der Waals surface area contributed by atoms with Gasteiger partial charge in [0.1, 0.15) is 16.4 Å². The number of nitrogens with zero attached hydrogens (tertiary/aromatic N) is 2. The van der Waals surface area contributed by atoms with Crippen LogP contribution in [-0.4, -0.2) is 63.3 Å². The number of fused-ring (bicyclic) bond motifs is 3. The van der Waals surface area contributed by atoms with Crippen molar-refractivity contribution in [3.63, 3.8) is 0 Å². The molecule has 3 fully saturated rings. The van der Waals surface area contributed by atoms with E-state index in [1.165, 1.54) is 12.3 Å². The molecule has 226 valence electrons. The molecule has 2 aromatic heterocycles. The number of carbonyl (C=O) groups excluding carboxylic acids is 2. The van der Waals surface area contributed by atoms with Gasteiger partial charge in [-0.1, -0.05) is 43.1 Å². The largest absolute Gasteiger partial charge is 0.391 e. The molecule has 2 spiro atoms. The minimum absolute atomic E-state index is 0.0329. The highest BCUT2D eigenvalue weighted by atomic mass is 35.5. The maximum absolute atomic E-state index is 16.0. The van der Waals surface area contributed by atoms with E-state index in [2.05, 4.69) is 39.8 Å². The van der Waals surface area contributed by atoms with Crippen molar-refractivity contribution in [2.45, 2.75) is 100 Å². The van der Waals surface area contributed by atoms with Crippen LogP contribution in [0.4, 0.5) is 10.2 Å². The minimum Gasteiger partial charge on any atom is -0.391 e. The Hall–Kier alpha value is -2.37. The number of rotatable bonds is 4. The molecule has 4 N–H and O–H groups in total. The number of aromatic nitrogens is 2. The molecule has 4 aliphatic rings. The molecule has 2 aromatic rings. The fraction of sp³-hybridized carbons (Fsp3) is 0.600. The number of ether oxygens (including phenoxy) is 1. The van der Waals surface area contributed by atoms with Crippen molar-refractivity contribution >= 4 is 40.8 Å². The Morgan fingerprint density at radius 2 is 1.93 bits per heavy atom. The summed E-state index contributed by atoms with van der Waals surface area (Å²) in [5.41, 5.74) is -1.52. The van der Waals surface area contributed by atoms with Gasteiger partial charge in [-0.05, 0) is 68.6 Å². The lowest BCUT2D eigenvalue weighted by atomic mass is 9.53. The number of pyridine rings is 2. The zero-order chi connectivity index (χ0) is 30.0. The third-order valence-corrected chi connectivity index (χ3v) is 10.5. The first-order chi connectivity index (χ1) is 19.9. The molecule has 2 amide bonds. The molecule has 6 rings (SSSR count). The first-order valence-electron chi connectivity index (χ1n) is 14.5. The van der Waals surface area contributed by atoms with E-state index in [-0.39, 0.29) is 51.9 Å². The Morgan fingerprint density at radius 3 is 2.60 bits per heavy atom. The fourth-order valence-corrected chi connectivity index (χ4v) is 8.07. The van der Waals surface area contributed by atoms with E-state index < -0.39 is 34.8 Å². The number of halogens is 3. The van der Waals surface area contributed by atoms with Crippen LogP contribution >= 0.6 is 23.2 Å². The lowest BCUT2D eigenvalue weighted by Crippen LogP contribution is -2.61. The number of aliphatic hydroxyl groups excluding tert-OH is 1. The molecule has 9 nitrogen and oxygen atoms in total. The predicted octanol–water partition coefficient (Wildman–Crippen LogP) is 4.25. The average Bonchev–Trinajstić information content (AvgIpc) is 3.40. The lowest BCUT2D eigenvalue weighted by molar-refractivity contribution is -0.126. The highest BCUT2D eigenvalue weighted by molar-refractivity contribution is 6.30. The van der Waals surface area contributed by atoms with Crippen molar-refractivity contribution in [1.82, 2.24) is 20.6 Å². The first-order valence-corrected chi connectivity index (χ1v) is 15.3. The minimum atomic E-state index is -1.38. The van der Waals surface area contributed by atoms with E-state index in [0.717, 1.165) is 12.8 Å². The highest BCUT2D eigenvalue weighted by Crippen LogP contribution is 2.63. The molecular formula is C30H36Cl2FN5O4. The molecule has 42 heavy (non-hydrogen) atoms. The fourth-order valence-electron chi connectivity index (χ4n) is 7.75. The summed E-state index contributed by atoms with van der Waals surface area (Å²) in [6.45, 7) is 6.31. The summed E-state index contributed by atoms with van der Waals surface area (Å²) in [6, 6.07) is 3.61. The van der Waals surface area contributed by atoms with Gasteiger partial charge < -0.3 is 20.5 Å². The Labute approximate surface area is 254 Å². The monoisotopic (exact) mass is 619 g/mol. The number of hydrogen-bond acceptors (Lipinski definition) is 7. The second-order valence-corrected chi connectivity index (χ2v) is 13.8. The first kappa shape index (κ1) is 29.7. The van der Waals surface area contributed by atoms with Crippen molar-refractivity contribution < 1.29 is 23.8 Å². The van der Waals surface area contributed by atoms with E-state index in [0.29, 0.717) is 37.1 Å². The van der Waals surface area contributed by atoms with Gasteiger partial charge >= 0.3 is 0 Å². The molecule has 6 atom stereocenters. The standard InChI is InChI=1S/C30H36Cl2FN5O4/c1-15(39)19-6-4-16(14-42-19)35-26(40)23-21(17-8-13-34-24(32)22(17)33)30(29(38-23)11-9-28(2,3)10-12-29)18-5-7-20(31)36-25(18)37-27(30)41/h5,7-8,13,15-16,19,21,23,38-39H,4,6,9-12,14H2,1-3H3,(H,35,40)(H,36,37,41)/t15?,16-,19+,21+,23-,30-/m1/s1. The highest BCUT2D eigenvalue weighted by Gasteiger charge is 2.73. The molecule has 0 bridgehead atoms. The predicted molar refractivity (Wildman–Crippen MR) is 156 cm³/mol. The van der Waals surface area contributed by atoms with Crippen molar-refractivity contribution in [3.8, 4) is 0 Å². The summed E-state index contributed by atoms with van der Waals surface area (Å²) in [5.74, 6) is -2.14. The van der Waals surface area contributed by atoms with Crippen LogP contribution in [0.15, 0.2) is 24.4 Å². The van der Waals surface area contributed by atoms with E-state index in [4.69, 9.17) is 27.9 Å². The van der Waals surface area contributed by atoms with Gasteiger partial charge in [-0.15, -0.1) is 0 Å². The summed E-state index contributed by atoms with van der Waals surface area (Å²) in [7, 11) is 0. The number of hydrogen-bond donors (Lipinski definition) is 4. The molecule has 1 unspecified atom stereocenters. The molecule has 3 aliphatic heterocycles. The second-order valence-electron chi connectivity index (χ2n) is 13.0. The maximum Gasteiger partial charge on any atom is 0.238 e. The van der Waals surface area contributed by atoms with Gasteiger partial charge in [0.25, 0.3) is 0 Å². The molecule has 5 heterocycles. The Morgan fingerprint density at radius 1 is 1.19 bits per heavy atom. The zero-order valence-electron chi connectivity index (χ0n) is 23.8. The van der Waals surface area contributed by atoms with E-state index in [1.807, 2.05) is 0 Å². The lowest BCUT2D eigenvalue weighted by Gasteiger charge is -2.50. The van der Waals surface area contributed by atoms with Crippen LogP contribution < -0.4 is 16.0 Å². The van der Waals surface area contributed by atoms with Gasteiger partial charge in [0.05, 0.1) is 30.9 Å². The topological polar surface area (TPSA) is 125 Å². The summed E-state index contributed by atoms with van der Waals surface area (Å²) in [5, 5.41) is 19.5. The van der Waals surface area contributed by atoms with E-state index in [1.54, 1.807) is 19.1 Å². The summed E-state index contributed by atoms with van der Waals surface area (Å²) in [6.07, 6.45) is 4.45. The third kappa shape index (κ3) is 4.61. The van der Waals surface area contributed by atoms with Crippen LogP contribution in [0.1, 0.15) is 76.3 Å². The molecule has 1 saturated carbocycles. The van der Waals surface area contributed by atoms with Gasteiger partial charge in [-0.3, -0.25) is 14.9 Å². The van der Waals surface area contributed by atoms with Crippen LogP contribution in [-0.2, 0) is 19.7 Å². The number of amides is 2. The van der Waals surface area contributed by atoms with E-state index >= 15 is 4.39 Å². The SMILES string of the molecule is CC(O)[C@@H]1CC[C@@H](NC(=O)[C@@H]2NC3(CCC(C)(C)CC3)[C@@]3(C(=O)Nc4nc(Cl)ccc43)[C@H]2c2ccnc(Cl)c2F)CO1. The molecule has 0 aromatic carbocycles. The van der Waals surface area contributed by atoms with Crippen LogP contribution in [0, 0.1) is 11.2 Å². The Kier molecular flexibility index (Phi) is 7.54. The van der Waals surface area contributed by atoms with Crippen molar-refractivity contribution in [2.75, 3.05) is 11.9 Å². The van der Waals surface area contributed by atoms with Crippen LogP contribution in [0.2, 0.25) is 10.3 Å². The van der Waals surface area contributed by atoms with Gasteiger partial charge in [-0.25, -0.2) is 14.4 Å². The summed E-state index contributed by atoms with van der Waals surface area (Å²) in [4.78, 5) is 37.0. The van der Waals surface area contributed by atoms with Gasteiger partial charge in [0, 0.05) is 23.2 Å². The average molecular weight is 621 g/mol. The molecule has 12 heteroatoms. The number of aliphatic hydroxyl groups is 1. The summed E-state index contributed by atoms with van der Waals surface area (Å²) >= 11 is 12.4. The van der Waals surface area contributed by atoms with Crippen LogP contribution in [0.25, 0.3) is 0 Å². The van der Waals surface area contributed by atoms with Crippen molar-refractivity contribution in [1.29, 1.82) is 0 Å². The quantitative estimate of drug-likeness (QED) is 0.377. The zero-order valence-corrected chi connectivity index (χ0v) is 25.4.